The van der Waals surface area contributed by atoms with Gasteiger partial charge in [0, 0.05) is 36.5 Å². The highest BCUT2D eigenvalue weighted by atomic mass is 16.5. The van der Waals surface area contributed by atoms with Gasteiger partial charge in [0.1, 0.15) is 11.6 Å². The number of ether oxygens (including phenoxy) is 2. The number of nitrogens with zero attached hydrogens (tertiary/aromatic N) is 4. The van der Waals surface area contributed by atoms with Gasteiger partial charge in [0.25, 0.3) is 5.91 Å². The van der Waals surface area contributed by atoms with Gasteiger partial charge in [0.05, 0.1) is 53.9 Å². The molecule has 4 heterocycles. The second-order valence-corrected chi connectivity index (χ2v) is 12.2. The van der Waals surface area contributed by atoms with Gasteiger partial charge in [-0.15, -0.1) is 0 Å². The van der Waals surface area contributed by atoms with Crippen molar-refractivity contribution in [2.45, 2.75) is 32.2 Å². The van der Waals surface area contributed by atoms with Gasteiger partial charge in [-0.05, 0) is 67.8 Å². The molecular formula is C37H36N8O4. The van der Waals surface area contributed by atoms with E-state index in [-0.39, 0.29) is 30.9 Å². The zero-order valence-electron chi connectivity index (χ0n) is 27.3. The van der Waals surface area contributed by atoms with Gasteiger partial charge >= 0.3 is 0 Å². The molecular weight excluding hydrogens is 620 g/mol. The number of nitrogens with one attached hydrogen (secondary N) is 4. The minimum atomic E-state index is -0.194. The van der Waals surface area contributed by atoms with Crippen LogP contribution in [-0.2, 0) is 4.79 Å². The third kappa shape index (κ3) is 6.66. The Balaban J connectivity index is 0.894. The Morgan fingerprint density at radius 3 is 2.73 bits per heavy atom. The molecule has 12 nitrogen and oxygen atoms in total. The van der Waals surface area contributed by atoms with Gasteiger partial charge in [-0.2, -0.15) is 0 Å². The fourth-order valence-electron chi connectivity index (χ4n) is 5.98. The van der Waals surface area contributed by atoms with Crippen LogP contribution in [-0.4, -0.2) is 69.2 Å². The largest absolute Gasteiger partial charge is 0.493 e. The molecule has 0 spiro atoms. The van der Waals surface area contributed by atoms with Crippen molar-refractivity contribution in [3.05, 3.63) is 96.5 Å². The number of H-pyrrole nitrogens is 2. The summed E-state index contributed by atoms with van der Waals surface area (Å²) < 4.78 is 11.5. The Morgan fingerprint density at radius 1 is 1.08 bits per heavy atom. The van der Waals surface area contributed by atoms with Gasteiger partial charge in [-0.25, -0.2) is 9.97 Å². The average molecular weight is 657 g/mol. The van der Waals surface area contributed by atoms with Crippen LogP contribution in [0.5, 0.6) is 11.5 Å². The predicted molar refractivity (Wildman–Crippen MR) is 191 cm³/mol. The maximum atomic E-state index is 13.2. The van der Waals surface area contributed by atoms with Crippen LogP contribution in [0.2, 0.25) is 0 Å². The van der Waals surface area contributed by atoms with Gasteiger partial charge in [-0.1, -0.05) is 24.8 Å². The standard InChI is InChI=1S/C37H36N8O4/c1-21-7-12-28-30(15-21)42-36(41-28)24-8-10-25(11-9-24)40-23(3)35-39-19-33(44-35)43-34(46)6-5-13-49-32-17-29-27(16-31(32)48-4)37(47)45-20-22(2)14-26(45)18-38-29/h7-12,15-19,26,40H,2-3,5-6,13-14,20H2,1,4H3,(H,39,44)(H,41,42)(H,43,46). The highest BCUT2D eigenvalue weighted by Gasteiger charge is 2.34. The molecule has 5 aromatic rings. The van der Waals surface area contributed by atoms with E-state index in [1.807, 2.05) is 36.4 Å². The molecule has 1 unspecified atom stereocenters. The van der Waals surface area contributed by atoms with E-state index >= 15 is 0 Å². The summed E-state index contributed by atoms with van der Waals surface area (Å²) in [4.78, 5) is 47.7. The number of hydrogen-bond donors (Lipinski definition) is 4. The highest BCUT2D eigenvalue weighted by Crippen LogP contribution is 2.38. The lowest BCUT2D eigenvalue weighted by Crippen LogP contribution is -2.35. The first-order valence-electron chi connectivity index (χ1n) is 16.0. The molecule has 3 aromatic carbocycles. The van der Waals surface area contributed by atoms with Crippen molar-refractivity contribution in [2.24, 2.45) is 4.99 Å². The van der Waals surface area contributed by atoms with Crippen LogP contribution in [0.25, 0.3) is 28.1 Å². The zero-order valence-corrected chi connectivity index (χ0v) is 27.3. The summed E-state index contributed by atoms with van der Waals surface area (Å²) in [6.45, 7) is 10.9. The number of aryl methyl sites for hydroxylation is 1. The maximum absolute atomic E-state index is 13.2. The van der Waals surface area contributed by atoms with Gasteiger partial charge < -0.3 is 35.0 Å². The number of fused-ring (bicyclic) bond motifs is 3. The second kappa shape index (κ2) is 13.1. The van der Waals surface area contributed by atoms with Crippen molar-refractivity contribution < 1.29 is 19.1 Å². The normalized spacial score (nSPS) is 15.1. The highest BCUT2D eigenvalue weighted by molar-refractivity contribution is 6.04. The summed E-state index contributed by atoms with van der Waals surface area (Å²) in [5.41, 5.74) is 7.45. The van der Waals surface area contributed by atoms with Crippen molar-refractivity contribution in [3.8, 4) is 22.9 Å². The quantitative estimate of drug-likeness (QED) is 0.0920. The van der Waals surface area contributed by atoms with E-state index in [4.69, 9.17) is 9.47 Å². The van der Waals surface area contributed by atoms with Crippen LogP contribution >= 0.6 is 0 Å². The summed E-state index contributed by atoms with van der Waals surface area (Å²) in [6.07, 6.45) is 4.71. The molecule has 7 rings (SSSR count). The van der Waals surface area contributed by atoms with E-state index in [0.717, 1.165) is 33.7 Å². The molecule has 2 aliphatic rings. The molecule has 0 radical (unpaired) electrons. The van der Waals surface area contributed by atoms with Crippen LogP contribution in [0.3, 0.4) is 0 Å². The molecule has 2 amide bonds. The van der Waals surface area contributed by atoms with Crippen LogP contribution in [0, 0.1) is 6.92 Å². The number of imidazole rings is 2. The lowest BCUT2D eigenvalue weighted by Gasteiger charge is -2.20. The SMILES string of the molecule is C=C1CC2C=Nc3cc(OCCCC(=O)Nc4cnc(C(=C)Nc5ccc(-c6nc7ccc(C)cc7[nH]6)cc5)[nH]4)c(OC)cc3C(=O)N2C1. The summed E-state index contributed by atoms with van der Waals surface area (Å²) in [5, 5.41) is 6.08. The molecule has 1 saturated heterocycles. The Morgan fingerprint density at radius 2 is 1.92 bits per heavy atom. The van der Waals surface area contributed by atoms with Crippen LogP contribution in [0.15, 0.2) is 84.5 Å². The van der Waals surface area contributed by atoms with Crippen molar-refractivity contribution in [1.82, 2.24) is 24.8 Å². The zero-order chi connectivity index (χ0) is 34.1. The first kappa shape index (κ1) is 31.4. The summed E-state index contributed by atoms with van der Waals surface area (Å²) >= 11 is 0. The van der Waals surface area contributed by atoms with Gasteiger partial charge in [0.2, 0.25) is 5.91 Å². The molecule has 2 aliphatic heterocycles. The van der Waals surface area contributed by atoms with Crippen LogP contribution in [0.4, 0.5) is 17.2 Å². The predicted octanol–water partition coefficient (Wildman–Crippen LogP) is 6.64. The number of amides is 2. The molecule has 0 bridgehead atoms. The van der Waals surface area contributed by atoms with E-state index in [1.54, 1.807) is 29.4 Å². The third-order valence-electron chi connectivity index (χ3n) is 8.48. The molecule has 0 aliphatic carbocycles. The van der Waals surface area contributed by atoms with E-state index < -0.39 is 0 Å². The first-order valence-corrected chi connectivity index (χ1v) is 16.0. The third-order valence-corrected chi connectivity index (χ3v) is 8.48. The van der Waals surface area contributed by atoms with E-state index in [9.17, 15) is 9.59 Å². The summed E-state index contributed by atoms with van der Waals surface area (Å²) in [6, 6.07) is 17.3. The number of rotatable bonds is 11. The molecule has 248 valence electrons. The Kier molecular flexibility index (Phi) is 8.43. The molecule has 2 aromatic heterocycles. The fourth-order valence-corrected chi connectivity index (χ4v) is 5.98. The van der Waals surface area contributed by atoms with Gasteiger partial charge in [-0.3, -0.25) is 14.6 Å². The average Bonchev–Trinajstić information content (AvgIpc) is 3.82. The lowest BCUT2D eigenvalue weighted by atomic mass is 10.1. The number of hydrogen-bond acceptors (Lipinski definition) is 8. The number of aliphatic imine (C=N–C) groups is 1. The Bertz CT molecular complexity index is 2130. The van der Waals surface area contributed by atoms with Crippen molar-refractivity contribution >= 4 is 52.0 Å². The lowest BCUT2D eigenvalue weighted by molar-refractivity contribution is -0.116. The number of carbonyl (C=O) groups excluding carboxylic acids is 2. The molecule has 0 saturated carbocycles. The van der Waals surface area contributed by atoms with E-state index in [2.05, 4.69) is 61.7 Å². The molecule has 4 N–H and O–H groups in total. The molecule has 1 atom stereocenters. The monoisotopic (exact) mass is 656 g/mol. The molecule has 12 heteroatoms. The van der Waals surface area contributed by atoms with Crippen molar-refractivity contribution in [3.63, 3.8) is 0 Å². The minimum Gasteiger partial charge on any atom is -0.493 e. The first-order chi connectivity index (χ1) is 23.7. The smallest absolute Gasteiger partial charge is 0.257 e. The summed E-state index contributed by atoms with van der Waals surface area (Å²) in [5.74, 6) is 2.34. The summed E-state index contributed by atoms with van der Waals surface area (Å²) in [7, 11) is 1.52. The van der Waals surface area contributed by atoms with Crippen molar-refractivity contribution in [2.75, 3.05) is 30.9 Å². The Labute approximate surface area is 283 Å². The minimum absolute atomic E-state index is 0.0985. The van der Waals surface area contributed by atoms with Gasteiger partial charge in [0.15, 0.2) is 17.3 Å². The van der Waals surface area contributed by atoms with E-state index in [1.165, 1.54) is 12.7 Å². The topological polar surface area (TPSA) is 150 Å². The fraction of sp³-hybridized carbons (Fsp3) is 0.216. The molecule has 49 heavy (non-hydrogen) atoms. The van der Waals surface area contributed by atoms with Crippen LogP contribution < -0.4 is 20.1 Å². The number of carbonyl (C=O) groups is 2. The number of methoxy groups -OCH3 is 1. The number of aromatic amines is 2. The number of benzene rings is 3. The number of anilines is 2. The Hall–Kier alpha value is -6.17. The van der Waals surface area contributed by atoms with Crippen molar-refractivity contribution in [1.29, 1.82) is 0 Å². The van der Waals surface area contributed by atoms with Crippen LogP contribution in [0.1, 0.15) is 41.0 Å². The maximum Gasteiger partial charge on any atom is 0.257 e. The second-order valence-electron chi connectivity index (χ2n) is 12.2. The van der Waals surface area contributed by atoms with E-state index in [0.29, 0.717) is 59.5 Å². The number of aromatic nitrogens is 4. The molecule has 1 fully saturated rings.